The van der Waals surface area contributed by atoms with E-state index in [1.807, 2.05) is 48.5 Å². The zero-order valence-corrected chi connectivity index (χ0v) is 10.8. The van der Waals surface area contributed by atoms with Crippen molar-refractivity contribution in [3.05, 3.63) is 66.4 Å². The monoisotopic (exact) mass is 263 g/mol. The van der Waals surface area contributed by atoms with E-state index in [9.17, 15) is 0 Å². The SMILES string of the molecule is c1ccc2c(c1)OC(Cc1ccc3ccccc3n1)O2. The quantitative estimate of drug-likeness (QED) is 0.708. The molecule has 0 bridgehead atoms. The van der Waals surface area contributed by atoms with Crippen molar-refractivity contribution >= 4 is 10.9 Å². The third kappa shape index (κ3) is 1.97. The van der Waals surface area contributed by atoms with Crippen LogP contribution in [-0.2, 0) is 6.42 Å². The van der Waals surface area contributed by atoms with Gasteiger partial charge in [-0.15, -0.1) is 0 Å². The normalized spacial score (nSPS) is 13.8. The second kappa shape index (κ2) is 4.53. The smallest absolute Gasteiger partial charge is 0.247 e. The number of para-hydroxylation sites is 3. The molecule has 1 aliphatic rings. The van der Waals surface area contributed by atoms with Gasteiger partial charge in [-0.2, -0.15) is 0 Å². The zero-order chi connectivity index (χ0) is 13.4. The highest BCUT2D eigenvalue weighted by atomic mass is 16.7. The van der Waals surface area contributed by atoms with Crippen LogP contribution in [0.2, 0.25) is 0 Å². The van der Waals surface area contributed by atoms with Crippen molar-refractivity contribution in [2.75, 3.05) is 0 Å². The molecule has 2 heterocycles. The number of aromatic nitrogens is 1. The van der Waals surface area contributed by atoms with E-state index in [1.54, 1.807) is 0 Å². The Labute approximate surface area is 116 Å². The van der Waals surface area contributed by atoms with Crippen molar-refractivity contribution in [3.63, 3.8) is 0 Å². The average Bonchev–Trinajstić information content (AvgIpc) is 2.89. The van der Waals surface area contributed by atoms with E-state index < -0.39 is 0 Å². The minimum Gasteiger partial charge on any atom is -0.451 e. The van der Waals surface area contributed by atoms with E-state index in [-0.39, 0.29) is 6.29 Å². The first-order valence-electron chi connectivity index (χ1n) is 6.65. The van der Waals surface area contributed by atoms with Crippen molar-refractivity contribution in [2.45, 2.75) is 12.7 Å². The summed E-state index contributed by atoms with van der Waals surface area (Å²) in [4.78, 5) is 4.64. The van der Waals surface area contributed by atoms with Gasteiger partial charge >= 0.3 is 0 Å². The van der Waals surface area contributed by atoms with Gasteiger partial charge in [0.05, 0.1) is 11.9 Å². The van der Waals surface area contributed by atoms with Gasteiger partial charge in [0.2, 0.25) is 6.29 Å². The Hall–Kier alpha value is -2.55. The molecule has 0 N–H and O–H groups in total. The Morgan fingerprint density at radius 1 is 0.800 bits per heavy atom. The van der Waals surface area contributed by atoms with E-state index in [1.165, 1.54) is 0 Å². The Balaban J connectivity index is 1.57. The summed E-state index contributed by atoms with van der Waals surface area (Å²) in [5, 5.41) is 1.15. The summed E-state index contributed by atoms with van der Waals surface area (Å²) < 4.78 is 11.5. The van der Waals surface area contributed by atoms with Gasteiger partial charge in [0, 0.05) is 11.1 Å². The van der Waals surface area contributed by atoms with Crippen LogP contribution in [0.15, 0.2) is 60.7 Å². The molecule has 0 amide bonds. The van der Waals surface area contributed by atoms with Crippen LogP contribution in [0.3, 0.4) is 0 Å². The van der Waals surface area contributed by atoms with Crippen molar-refractivity contribution in [2.24, 2.45) is 0 Å². The predicted octanol–water partition coefficient (Wildman–Crippen LogP) is 3.57. The molecule has 20 heavy (non-hydrogen) atoms. The first kappa shape index (κ1) is 11.3. The predicted molar refractivity (Wildman–Crippen MR) is 76.9 cm³/mol. The molecule has 4 rings (SSSR count). The number of nitrogens with zero attached hydrogens (tertiary/aromatic N) is 1. The fourth-order valence-electron chi connectivity index (χ4n) is 2.43. The van der Waals surface area contributed by atoms with E-state index in [4.69, 9.17) is 9.47 Å². The first-order valence-corrected chi connectivity index (χ1v) is 6.65. The molecule has 1 aromatic heterocycles. The topological polar surface area (TPSA) is 31.4 Å². The Bertz CT molecular complexity index is 745. The largest absolute Gasteiger partial charge is 0.451 e. The third-order valence-electron chi connectivity index (χ3n) is 3.40. The van der Waals surface area contributed by atoms with E-state index in [0.717, 1.165) is 28.1 Å². The molecule has 0 atom stereocenters. The molecule has 98 valence electrons. The summed E-state index contributed by atoms with van der Waals surface area (Å²) in [6.45, 7) is 0. The molecule has 1 aliphatic heterocycles. The third-order valence-corrected chi connectivity index (χ3v) is 3.40. The number of hydrogen-bond donors (Lipinski definition) is 0. The van der Waals surface area contributed by atoms with Crippen molar-refractivity contribution in [3.8, 4) is 11.5 Å². The summed E-state index contributed by atoms with van der Waals surface area (Å²) in [5.74, 6) is 1.61. The molecule has 0 saturated heterocycles. The van der Waals surface area contributed by atoms with E-state index in [2.05, 4.69) is 17.1 Å². The van der Waals surface area contributed by atoms with Crippen LogP contribution < -0.4 is 9.47 Å². The number of ether oxygens (including phenoxy) is 2. The molecule has 0 unspecified atom stereocenters. The lowest BCUT2D eigenvalue weighted by atomic mass is 10.2. The van der Waals surface area contributed by atoms with Crippen LogP contribution in [0.25, 0.3) is 10.9 Å². The first-order chi connectivity index (χ1) is 9.88. The Morgan fingerprint density at radius 3 is 2.30 bits per heavy atom. The fourth-order valence-corrected chi connectivity index (χ4v) is 2.43. The second-order valence-corrected chi connectivity index (χ2v) is 4.81. The van der Waals surface area contributed by atoms with Crippen molar-refractivity contribution in [1.82, 2.24) is 4.98 Å². The number of pyridine rings is 1. The molecule has 3 heteroatoms. The standard InChI is InChI=1S/C17H13NO2/c1-2-6-14-12(5-1)9-10-13(18-14)11-17-19-15-7-3-4-8-16(15)20-17/h1-10,17H,11H2. The molecule has 2 aromatic carbocycles. The molecule has 0 spiro atoms. The molecular formula is C17H13NO2. The number of hydrogen-bond acceptors (Lipinski definition) is 3. The molecule has 0 radical (unpaired) electrons. The highest BCUT2D eigenvalue weighted by molar-refractivity contribution is 5.78. The average molecular weight is 263 g/mol. The zero-order valence-electron chi connectivity index (χ0n) is 10.8. The van der Waals surface area contributed by atoms with Crippen LogP contribution in [0.4, 0.5) is 0 Å². The summed E-state index contributed by atoms with van der Waals surface area (Å²) in [7, 11) is 0. The molecular weight excluding hydrogens is 250 g/mol. The van der Waals surface area contributed by atoms with Gasteiger partial charge in [-0.1, -0.05) is 36.4 Å². The summed E-state index contributed by atoms with van der Waals surface area (Å²) in [6, 6.07) is 19.9. The molecule has 3 aromatic rings. The van der Waals surface area contributed by atoms with Crippen LogP contribution in [0, 0.1) is 0 Å². The van der Waals surface area contributed by atoms with Crippen LogP contribution >= 0.6 is 0 Å². The molecule has 0 fully saturated rings. The summed E-state index contributed by atoms with van der Waals surface area (Å²) in [6.07, 6.45) is 0.348. The maximum Gasteiger partial charge on any atom is 0.247 e. The van der Waals surface area contributed by atoms with Crippen molar-refractivity contribution < 1.29 is 9.47 Å². The van der Waals surface area contributed by atoms with Crippen LogP contribution in [-0.4, -0.2) is 11.3 Å². The molecule has 0 aliphatic carbocycles. The van der Waals surface area contributed by atoms with Gasteiger partial charge in [0.25, 0.3) is 0 Å². The minimum atomic E-state index is -0.291. The van der Waals surface area contributed by atoms with Crippen molar-refractivity contribution in [1.29, 1.82) is 0 Å². The molecule has 3 nitrogen and oxygen atoms in total. The van der Waals surface area contributed by atoms with E-state index >= 15 is 0 Å². The number of benzene rings is 2. The van der Waals surface area contributed by atoms with Gasteiger partial charge < -0.3 is 9.47 Å². The summed E-state index contributed by atoms with van der Waals surface area (Å²) >= 11 is 0. The van der Waals surface area contributed by atoms with Crippen LogP contribution in [0.1, 0.15) is 5.69 Å². The van der Waals surface area contributed by atoms with E-state index in [0.29, 0.717) is 6.42 Å². The maximum absolute atomic E-state index is 5.76. The van der Waals surface area contributed by atoms with Crippen LogP contribution in [0.5, 0.6) is 11.5 Å². The highest BCUT2D eigenvalue weighted by Gasteiger charge is 2.24. The molecule has 0 saturated carbocycles. The lowest BCUT2D eigenvalue weighted by Crippen LogP contribution is -2.21. The lowest BCUT2D eigenvalue weighted by molar-refractivity contribution is 0.0495. The summed E-state index contributed by atoms with van der Waals surface area (Å²) in [5.41, 5.74) is 1.97. The Morgan fingerprint density at radius 2 is 1.50 bits per heavy atom. The van der Waals surface area contributed by atoms with Gasteiger partial charge in [-0.25, -0.2) is 0 Å². The van der Waals surface area contributed by atoms with Gasteiger partial charge in [0.1, 0.15) is 0 Å². The minimum absolute atomic E-state index is 0.291. The fraction of sp³-hybridized carbons (Fsp3) is 0.118. The second-order valence-electron chi connectivity index (χ2n) is 4.81. The van der Waals surface area contributed by atoms with Gasteiger partial charge in [-0.3, -0.25) is 4.98 Å². The van der Waals surface area contributed by atoms with Gasteiger partial charge in [0.15, 0.2) is 11.5 Å². The number of fused-ring (bicyclic) bond motifs is 2. The maximum atomic E-state index is 5.76. The Kier molecular flexibility index (Phi) is 2.56. The van der Waals surface area contributed by atoms with Gasteiger partial charge in [-0.05, 0) is 24.3 Å². The highest BCUT2D eigenvalue weighted by Crippen LogP contribution is 2.34. The lowest BCUT2D eigenvalue weighted by Gasteiger charge is -2.10. The number of rotatable bonds is 2.